The van der Waals surface area contributed by atoms with Crippen LogP contribution in [0.4, 0.5) is 0 Å². The first-order valence-electron chi connectivity index (χ1n) is 10.1. The van der Waals surface area contributed by atoms with Gasteiger partial charge in [0.25, 0.3) is 0 Å². The topological polar surface area (TPSA) is 9.23 Å². The largest absolute Gasteiger partial charge is 0.492 e. The van der Waals surface area contributed by atoms with Crippen LogP contribution in [0.2, 0.25) is 0 Å². The Balaban J connectivity index is 1.70. The van der Waals surface area contributed by atoms with Gasteiger partial charge in [-0.05, 0) is 66.9 Å². The Hall–Kier alpha value is -0.800. The van der Waals surface area contributed by atoms with Crippen LogP contribution < -0.4 is 4.74 Å². The lowest BCUT2D eigenvalue weighted by atomic mass is 9.81. The zero-order valence-electron chi connectivity index (χ0n) is 17.0. The predicted molar refractivity (Wildman–Crippen MR) is 115 cm³/mol. The molecule has 0 N–H and O–H groups in total. The number of aryl methyl sites for hydroxylation is 1. The lowest BCUT2D eigenvalue weighted by molar-refractivity contribution is 0.282. The minimum atomic E-state index is 0.140. The Morgan fingerprint density at radius 2 is 1.65 bits per heavy atom. The second kappa shape index (κ2) is 6.67. The molecule has 3 heterocycles. The highest BCUT2D eigenvalue weighted by Gasteiger charge is 2.34. The maximum Gasteiger partial charge on any atom is 0.136 e. The first kappa shape index (κ1) is 18.6. The average Bonchev–Trinajstić information content (AvgIpc) is 3.17. The molecule has 0 aromatic carbocycles. The van der Waals surface area contributed by atoms with E-state index in [0.29, 0.717) is 0 Å². The van der Waals surface area contributed by atoms with Gasteiger partial charge in [-0.2, -0.15) is 0 Å². The molecule has 1 nitrogen and oxygen atoms in total. The van der Waals surface area contributed by atoms with Crippen molar-refractivity contribution in [2.75, 3.05) is 6.61 Å². The molecule has 2 aliphatic rings. The van der Waals surface area contributed by atoms with Crippen molar-refractivity contribution >= 4 is 22.7 Å². The number of thiophene rings is 2. The first-order valence-corrected chi connectivity index (χ1v) is 11.8. The molecule has 0 fully saturated rings. The second-order valence-electron chi connectivity index (χ2n) is 9.70. The predicted octanol–water partition coefficient (Wildman–Crippen LogP) is 6.83. The van der Waals surface area contributed by atoms with Gasteiger partial charge < -0.3 is 4.74 Å². The van der Waals surface area contributed by atoms with Crippen molar-refractivity contribution in [2.24, 2.45) is 0 Å². The molecule has 1 aliphatic carbocycles. The van der Waals surface area contributed by atoms with E-state index in [1.165, 1.54) is 48.3 Å². The molecular weight excluding hydrogens is 356 g/mol. The molecule has 0 atom stereocenters. The summed E-state index contributed by atoms with van der Waals surface area (Å²) >= 11 is 4.03. The number of fused-ring (bicyclic) bond motifs is 2. The van der Waals surface area contributed by atoms with Crippen molar-refractivity contribution in [1.29, 1.82) is 0 Å². The van der Waals surface area contributed by atoms with E-state index in [-0.39, 0.29) is 10.8 Å². The van der Waals surface area contributed by atoms with E-state index < -0.39 is 0 Å². The van der Waals surface area contributed by atoms with E-state index in [4.69, 9.17) is 4.74 Å². The number of hydrogen-bond donors (Lipinski definition) is 0. The zero-order chi connectivity index (χ0) is 18.5. The lowest BCUT2D eigenvalue weighted by Crippen LogP contribution is -2.21. The van der Waals surface area contributed by atoms with Crippen LogP contribution in [-0.4, -0.2) is 6.61 Å². The third-order valence-electron chi connectivity index (χ3n) is 5.86. The summed E-state index contributed by atoms with van der Waals surface area (Å²) < 4.78 is 6.10. The Morgan fingerprint density at radius 1 is 0.923 bits per heavy atom. The van der Waals surface area contributed by atoms with Gasteiger partial charge in [0.15, 0.2) is 0 Å². The van der Waals surface area contributed by atoms with Gasteiger partial charge in [0, 0.05) is 20.7 Å². The third kappa shape index (κ3) is 3.26. The van der Waals surface area contributed by atoms with Gasteiger partial charge in [-0.3, -0.25) is 0 Å². The molecule has 0 saturated carbocycles. The van der Waals surface area contributed by atoms with Gasteiger partial charge in [0.1, 0.15) is 5.75 Å². The van der Waals surface area contributed by atoms with Crippen molar-refractivity contribution < 1.29 is 4.74 Å². The fourth-order valence-electron chi connectivity index (χ4n) is 4.56. The SMILES string of the molecule is CC(C)(C)c1sc(CC(C)(C)c2scc3c2OCCC3)c2c1CCCC2. The molecule has 2 aromatic heterocycles. The summed E-state index contributed by atoms with van der Waals surface area (Å²) in [6, 6.07) is 0. The van der Waals surface area contributed by atoms with E-state index in [1.807, 2.05) is 11.3 Å². The maximum absolute atomic E-state index is 6.10. The molecule has 142 valence electrons. The van der Waals surface area contributed by atoms with Gasteiger partial charge in [0.2, 0.25) is 0 Å². The molecule has 3 heteroatoms. The molecule has 0 spiro atoms. The van der Waals surface area contributed by atoms with E-state index >= 15 is 0 Å². The van der Waals surface area contributed by atoms with Crippen LogP contribution in [-0.2, 0) is 36.5 Å². The third-order valence-corrected chi connectivity index (χ3v) is 8.93. The van der Waals surface area contributed by atoms with Gasteiger partial charge >= 0.3 is 0 Å². The molecule has 0 saturated heterocycles. The Bertz CT molecular complexity index is 801. The fraction of sp³-hybridized carbons (Fsp3) is 0.652. The quantitative estimate of drug-likeness (QED) is 0.560. The minimum Gasteiger partial charge on any atom is -0.492 e. The zero-order valence-corrected chi connectivity index (χ0v) is 18.6. The molecule has 0 amide bonds. The van der Waals surface area contributed by atoms with Crippen LogP contribution in [0, 0.1) is 0 Å². The van der Waals surface area contributed by atoms with Crippen molar-refractivity contribution in [3.63, 3.8) is 0 Å². The Labute approximate surface area is 166 Å². The van der Waals surface area contributed by atoms with Crippen LogP contribution >= 0.6 is 22.7 Å². The van der Waals surface area contributed by atoms with E-state index in [9.17, 15) is 0 Å². The standard InChI is InChI=1S/C23H32OS2/c1-22(2,3)20-17-11-7-6-10-16(17)18(26-20)13-23(4,5)21-19-15(14-25-21)9-8-12-24-19/h14H,6-13H2,1-5H3. The van der Waals surface area contributed by atoms with Crippen LogP contribution in [0.5, 0.6) is 5.75 Å². The normalized spacial score (nSPS) is 17.6. The summed E-state index contributed by atoms with van der Waals surface area (Å²) in [6.45, 7) is 12.9. The van der Waals surface area contributed by atoms with Crippen molar-refractivity contribution in [3.8, 4) is 5.75 Å². The van der Waals surface area contributed by atoms with E-state index in [1.54, 1.807) is 20.9 Å². The van der Waals surface area contributed by atoms with Crippen LogP contribution in [0.15, 0.2) is 5.38 Å². The van der Waals surface area contributed by atoms with Crippen LogP contribution in [0.1, 0.15) is 85.2 Å². The molecule has 0 unspecified atom stereocenters. The highest BCUT2D eigenvalue weighted by molar-refractivity contribution is 7.12. The first-order chi connectivity index (χ1) is 12.3. The van der Waals surface area contributed by atoms with Crippen LogP contribution in [0.3, 0.4) is 0 Å². The van der Waals surface area contributed by atoms with Gasteiger partial charge in [-0.1, -0.05) is 34.6 Å². The summed E-state index contributed by atoms with van der Waals surface area (Å²) in [6.07, 6.45) is 8.79. The molecular formula is C23H32OS2. The Kier molecular flexibility index (Phi) is 4.76. The molecule has 0 bridgehead atoms. The lowest BCUT2D eigenvalue weighted by Gasteiger charge is -2.27. The minimum absolute atomic E-state index is 0.140. The summed E-state index contributed by atoms with van der Waals surface area (Å²) in [5.41, 5.74) is 5.24. The smallest absolute Gasteiger partial charge is 0.136 e. The monoisotopic (exact) mass is 388 g/mol. The maximum atomic E-state index is 6.10. The van der Waals surface area contributed by atoms with Crippen molar-refractivity contribution in [1.82, 2.24) is 0 Å². The Morgan fingerprint density at radius 3 is 2.38 bits per heavy atom. The molecule has 1 aliphatic heterocycles. The highest BCUT2D eigenvalue weighted by atomic mass is 32.1. The number of ether oxygens (including phenoxy) is 1. The summed E-state index contributed by atoms with van der Waals surface area (Å²) in [5, 5.41) is 2.34. The fourth-order valence-corrected chi connectivity index (χ4v) is 7.41. The molecule has 26 heavy (non-hydrogen) atoms. The molecule has 0 radical (unpaired) electrons. The van der Waals surface area contributed by atoms with Gasteiger partial charge in [-0.15, -0.1) is 22.7 Å². The number of hydrogen-bond acceptors (Lipinski definition) is 3. The summed E-state index contributed by atoms with van der Waals surface area (Å²) in [4.78, 5) is 4.75. The van der Waals surface area contributed by atoms with E-state index in [0.717, 1.165) is 19.4 Å². The number of rotatable bonds is 3. The van der Waals surface area contributed by atoms with Crippen LogP contribution in [0.25, 0.3) is 0 Å². The molecule has 4 rings (SSSR count). The highest BCUT2D eigenvalue weighted by Crippen LogP contribution is 2.47. The average molecular weight is 389 g/mol. The summed E-state index contributed by atoms with van der Waals surface area (Å²) in [5.74, 6) is 1.22. The van der Waals surface area contributed by atoms with Gasteiger partial charge in [0.05, 0.1) is 11.5 Å². The summed E-state index contributed by atoms with van der Waals surface area (Å²) in [7, 11) is 0. The second-order valence-corrected chi connectivity index (χ2v) is 11.7. The molecule has 2 aromatic rings. The van der Waals surface area contributed by atoms with E-state index in [2.05, 4.69) is 51.3 Å². The van der Waals surface area contributed by atoms with Crippen molar-refractivity contribution in [2.45, 2.75) is 90.4 Å². The van der Waals surface area contributed by atoms with Crippen molar-refractivity contribution in [3.05, 3.63) is 36.7 Å². The van der Waals surface area contributed by atoms with Gasteiger partial charge in [-0.25, -0.2) is 0 Å².